The maximum absolute atomic E-state index is 13.5. The lowest BCUT2D eigenvalue weighted by atomic mass is 10.2. The Morgan fingerprint density at radius 3 is 2.61 bits per heavy atom. The summed E-state index contributed by atoms with van der Waals surface area (Å²) in [7, 11) is 0. The lowest BCUT2D eigenvalue weighted by Gasteiger charge is -2.16. The minimum Gasteiger partial charge on any atom is -0.349 e. The van der Waals surface area contributed by atoms with Gasteiger partial charge in [-0.25, -0.2) is 9.97 Å². The number of nitrogens with one attached hydrogen (secondary N) is 2. The Morgan fingerprint density at radius 2 is 1.96 bits per heavy atom. The van der Waals surface area contributed by atoms with Crippen LogP contribution in [0.15, 0.2) is 30.7 Å². The Morgan fingerprint density at radius 1 is 1.21 bits per heavy atom. The average Bonchev–Trinajstić information content (AvgIpc) is 3.22. The van der Waals surface area contributed by atoms with Gasteiger partial charge in [0.2, 0.25) is 5.95 Å². The van der Waals surface area contributed by atoms with Crippen molar-refractivity contribution in [3.05, 3.63) is 36.3 Å². The van der Waals surface area contributed by atoms with Crippen LogP contribution in [0.2, 0.25) is 0 Å². The molecule has 4 rings (SSSR count). The van der Waals surface area contributed by atoms with Crippen molar-refractivity contribution >= 4 is 28.5 Å². The van der Waals surface area contributed by atoms with Gasteiger partial charge in [-0.3, -0.25) is 0 Å². The van der Waals surface area contributed by atoms with Gasteiger partial charge in [0.05, 0.1) is 5.69 Å². The summed E-state index contributed by atoms with van der Waals surface area (Å²) in [5, 5.41) is 6.71. The highest BCUT2D eigenvalue weighted by atomic mass is 19.4. The summed E-state index contributed by atoms with van der Waals surface area (Å²) in [5.74, 6) is -0.0952. The molecule has 0 bridgehead atoms. The van der Waals surface area contributed by atoms with Crippen LogP contribution in [0.5, 0.6) is 0 Å². The van der Waals surface area contributed by atoms with Crippen LogP contribution in [0, 0.1) is 0 Å². The maximum atomic E-state index is 13.5. The topological polar surface area (TPSA) is 67.7 Å². The van der Waals surface area contributed by atoms with Gasteiger partial charge >= 0.3 is 6.18 Å². The van der Waals surface area contributed by atoms with Crippen molar-refractivity contribution in [2.45, 2.75) is 51.4 Å². The summed E-state index contributed by atoms with van der Waals surface area (Å²) in [6.45, 7) is 5.97. The van der Waals surface area contributed by atoms with E-state index in [1.54, 1.807) is 18.5 Å². The zero-order valence-corrected chi connectivity index (χ0v) is 15.8. The molecule has 3 aromatic rings. The molecular weight excluding hydrogens is 369 g/mol. The molecule has 28 heavy (non-hydrogen) atoms. The van der Waals surface area contributed by atoms with Gasteiger partial charge in [-0.2, -0.15) is 18.2 Å². The first-order valence-corrected chi connectivity index (χ1v) is 9.11. The Hall–Kier alpha value is -2.84. The molecule has 1 aliphatic carbocycles. The van der Waals surface area contributed by atoms with Crippen molar-refractivity contribution in [2.24, 2.45) is 0 Å². The maximum Gasteiger partial charge on any atom is 0.421 e. The number of hydrogen-bond donors (Lipinski definition) is 2. The molecule has 0 aliphatic heterocycles. The van der Waals surface area contributed by atoms with Crippen LogP contribution in [0.1, 0.15) is 45.2 Å². The largest absolute Gasteiger partial charge is 0.421 e. The highest BCUT2D eigenvalue weighted by Gasteiger charge is 2.39. The highest BCUT2D eigenvalue weighted by molar-refractivity contribution is 5.92. The van der Waals surface area contributed by atoms with Crippen LogP contribution in [0.25, 0.3) is 11.0 Å². The van der Waals surface area contributed by atoms with Gasteiger partial charge < -0.3 is 15.2 Å². The summed E-state index contributed by atoms with van der Waals surface area (Å²) in [4.78, 5) is 12.4. The van der Waals surface area contributed by atoms with Crippen molar-refractivity contribution in [2.75, 3.05) is 10.6 Å². The predicted molar refractivity (Wildman–Crippen MR) is 102 cm³/mol. The van der Waals surface area contributed by atoms with Crippen molar-refractivity contribution < 1.29 is 13.2 Å². The third-order valence-electron chi connectivity index (χ3n) is 4.91. The van der Waals surface area contributed by atoms with E-state index in [4.69, 9.17) is 0 Å². The van der Waals surface area contributed by atoms with Crippen molar-refractivity contribution in [1.29, 1.82) is 0 Å². The van der Waals surface area contributed by atoms with Gasteiger partial charge in [-0.1, -0.05) is 0 Å². The molecule has 3 aromatic heterocycles. The fraction of sp³-hybridized carbons (Fsp3) is 0.421. The smallest absolute Gasteiger partial charge is 0.349 e. The van der Waals surface area contributed by atoms with E-state index in [0.717, 1.165) is 24.4 Å². The summed E-state index contributed by atoms with van der Waals surface area (Å²) >= 11 is 0. The van der Waals surface area contributed by atoms with Crippen molar-refractivity contribution in [3.8, 4) is 0 Å². The number of rotatable bonds is 5. The Balaban J connectivity index is 1.78. The van der Waals surface area contributed by atoms with E-state index < -0.39 is 11.7 Å². The van der Waals surface area contributed by atoms with E-state index in [0.29, 0.717) is 11.3 Å². The molecule has 0 aromatic carbocycles. The minimum absolute atomic E-state index is 0.104. The van der Waals surface area contributed by atoms with Gasteiger partial charge in [0, 0.05) is 35.6 Å². The number of pyridine rings is 1. The molecule has 2 N–H and O–H groups in total. The lowest BCUT2D eigenvalue weighted by molar-refractivity contribution is -0.137. The number of halogens is 3. The summed E-state index contributed by atoms with van der Waals surface area (Å²) in [5.41, 5.74) is 0.165. The number of fused-ring (bicyclic) bond motifs is 1. The van der Waals surface area contributed by atoms with E-state index in [-0.39, 0.29) is 23.3 Å². The first kappa shape index (κ1) is 18.5. The van der Waals surface area contributed by atoms with Crippen molar-refractivity contribution in [1.82, 2.24) is 19.5 Å². The lowest BCUT2D eigenvalue weighted by Crippen LogP contribution is -2.20. The molecule has 0 radical (unpaired) electrons. The molecule has 1 saturated carbocycles. The standard InChI is InChI=1S/C19H21F3N6/c1-11(2)28-10-14(12-5-4-8-23-16(12)28)25-15-13(19(20,21)22)9-24-17(26-15)27-18(3)6-7-18/h4-5,8-11H,6-7H2,1-3H3,(H2,24,25,26,27). The van der Waals surface area contributed by atoms with Crippen LogP contribution < -0.4 is 10.6 Å². The highest BCUT2D eigenvalue weighted by Crippen LogP contribution is 2.40. The SMILES string of the molecule is CC(C)n1cc(Nc2nc(NC3(C)CC3)ncc2C(F)(F)F)c2cccnc21. The summed E-state index contributed by atoms with van der Waals surface area (Å²) in [6, 6.07) is 3.68. The second-order valence-electron chi connectivity index (χ2n) is 7.68. The van der Waals surface area contributed by atoms with Gasteiger partial charge in [-0.15, -0.1) is 0 Å². The quantitative estimate of drug-likeness (QED) is 0.632. The fourth-order valence-electron chi connectivity index (χ4n) is 3.03. The molecule has 3 heterocycles. The van der Waals surface area contributed by atoms with Gasteiger partial charge in [0.25, 0.3) is 0 Å². The molecule has 0 spiro atoms. The Kier molecular flexibility index (Phi) is 4.20. The van der Waals surface area contributed by atoms with Gasteiger partial charge in [-0.05, 0) is 45.7 Å². The van der Waals surface area contributed by atoms with Crippen LogP contribution in [-0.4, -0.2) is 25.1 Å². The number of alkyl halides is 3. The second-order valence-corrected chi connectivity index (χ2v) is 7.68. The first-order valence-electron chi connectivity index (χ1n) is 9.11. The summed E-state index contributed by atoms with van der Waals surface area (Å²) in [6.07, 6.45) is 1.55. The molecule has 0 saturated heterocycles. The normalized spacial score (nSPS) is 15.8. The summed E-state index contributed by atoms with van der Waals surface area (Å²) < 4.78 is 42.5. The van der Waals surface area contributed by atoms with Crippen LogP contribution >= 0.6 is 0 Å². The van der Waals surface area contributed by atoms with Crippen LogP contribution in [0.4, 0.5) is 30.6 Å². The average molecular weight is 390 g/mol. The predicted octanol–water partition coefficient (Wildman–Crippen LogP) is 5.13. The van der Waals surface area contributed by atoms with Gasteiger partial charge in [0.1, 0.15) is 17.0 Å². The molecule has 0 unspecified atom stereocenters. The molecule has 0 amide bonds. The molecule has 0 atom stereocenters. The molecular formula is C19H21F3N6. The van der Waals surface area contributed by atoms with Crippen LogP contribution in [-0.2, 0) is 6.18 Å². The number of nitrogens with zero attached hydrogens (tertiary/aromatic N) is 4. The minimum atomic E-state index is -4.57. The van der Waals surface area contributed by atoms with E-state index in [2.05, 4.69) is 25.6 Å². The van der Waals surface area contributed by atoms with E-state index >= 15 is 0 Å². The molecule has 6 nitrogen and oxygen atoms in total. The Bertz CT molecular complexity index is 1020. The van der Waals surface area contributed by atoms with Crippen molar-refractivity contribution in [3.63, 3.8) is 0 Å². The third-order valence-corrected chi connectivity index (χ3v) is 4.91. The van der Waals surface area contributed by atoms with E-state index in [1.165, 1.54) is 0 Å². The third kappa shape index (κ3) is 3.48. The second kappa shape index (κ2) is 6.35. The molecule has 9 heteroatoms. The zero-order valence-electron chi connectivity index (χ0n) is 15.8. The monoisotopic (exact) mass is 390 g/mol. The van der Waals surface area contributed by atoms with E-state index in [9.17, 15) is 13.2 Å². The first-order chi connectivity index (χ1) is 13.2. The molecule has 1 aliphatic rings. The molecule has 148 valence electrons. The number of aromatic nitrogens is 4. The molecule has 1 fully saturated rings. The zero-order chi connectivity index (χ0) is 20.1. The van der Waals surface area contributed by atoms with Gasteiger partial charge in [0.15, 0.2) is 0 Å². The number of hydrogen-bond acceptors (Lipinski definition) is 5. The number of anilines is 3. The van der Waals surface area contributed by atoms with E-state index in [1.807, 2.05) is 31.4 Å². The fourth-order valence-corrected chi connectivity index (χ4v) is 3.03. The van der Waals surface area contributed by atoms with Crippen LogP contribution in [0.3, 0.4) is 0 Å². The Labute approximate surface area is 160 Å².